The van der Waals surface area contributed by atoms with Crippen LogP contribution in [0.1, 0.15) is 11.1 Å². The predicted molar refractivity (Wildman–Crippen MR) is 122 cm³/mol. The van der Waals surface area contributed by atoms with E-state index in [4.69, 9.17) is 4.74 Å². The van der Waals surface area contributed by atoms with Gasteiger partial charge in [-0.05, 0) is 30.3 Å². The normalized spacial score (nSPS) is 14.6. The number of amides is 1. The van der Waals surface area contributed by atoms with E-state index in [0.717, 1.165) is 39.9 Å². The fourth-order valence-corrected chi connectivity index (χ4v) is 4.13. The highest BCUT2D eigenvalue weighted by atomic mass is 16.5. The number of carbonyl (C=O) groups excluding carboxylic acids is 1. The van der Waals surface area contributed by atoms with E-state index in [1.54, 1.807) is 12.0 Å². The van der Waals surface area contributed by atoms with E-state index in [9.17, 15) is 4.79 Å². The Bertz CT molecular complexity index is 1250. The lowest BCUT2D eigenvalue weighted by atomic mass is 10.0. The highest BCUT2D eigenvalue weighted by Crippen LogP contribution is 2.42. The molecule has 1 amide bonds. The maximum Gasteiger partial charge on any atom is 0.263 e. The molecule has 4 heteroatoms. The quantitative estimate of drug-likeness (QED) is 0.419. The lowest BCUT2D eigenvalue weighted by Gasteiger charge is -2.16. The van der Waals surface area contributed by atoms with Crippen LogP contribution in [0.2, 0.25) is 0 Å². The minimum Gasteiger partial charge on any atom is -0.383 e. The number of carbonyl (C=O) groups is 1. The third-order valence-electron chi connectivity index (χ3n) is 5.54. The van der Waals surface area contributed by atoms with Crippen LogP contribution in [0.15, 0.2) is 85.1 Å². The Labute approximate surface area is 175 Å². The first-order valence-corrected chi connectivity index (χ1v) is 10.1. The maximum atomic E-state index is 13.5. The zero-order chi connectivity index (χ0) is 20.5. The van der Waals surface area contributed by atoms with Crippen LogP contribution in [0.4, 0.5) is 11.4 Å². The molecule has 0 aliphatic carbocycles. The number of ether oxygens (including phenoxy) is 1. The van der Waals surface area contributed by atoms with Crippen LogP contribution in [0.5, 0.6) is 0 Å². The molecule has 3 aromatic carbocycles. The summed E-state index contributed by atoms with van der Waals surface area (Å²) in [5.41, 5.74) is 5.64. The Morgan fingerprint density at radius 2 is 1.63 bits per heavy atom. The van der Waals surface area contributed by atoms with Gasteiger partial charge in [-0.3, -0.25) is 9.69 Å². The van der Waals surface area contributed by atoms with Crippen LogP contribution in [0.3, 0.4) is 0 Å². The molecule has 0 unspecified atom stereocenters. The second-order valence-electron chi connectivity index (χ2n) is 7.34. The summed E-state index contributed by atoms with van der Waals surface area (Å²) in [5, 5.41) is 1.13. The smallest absolute Gasteiger partial charge is 0.263 e. The van der Waals surface area contributed by atoms with Crippen LogP contribution in [0, 0.1) is 0 Å². The van der Waals surface area contributed by atoms with E-state index >= 15 is 0 Å². The van der Waals surface area contributed by atoms with Crippen LogP contribution in [-0.4, -0.2) is 24.2 Å². The van der Waals surface area contributed by atoms with Crippen molar-refractivity contribution in [3.8, 4) is 0 Å². The standard InChI is InChI=1S/C26H22N2O2/c1-30-16-15-27-18-19(21-11-5-7-13-24(21)27)17-23-22-12-6-8-14-25(22)28(26(23)29)20-9-3-2-4-10-20/h2-14,17-18H,15-16H2,1H3. The van der Waals surface area contributed by atoms with Crippen molar-refractivity contribution in [3.05, 3.63) is 96.2 Å². The molecule has 0 fully saturated rings. The molecule has 30 heavy (non-hydrogen) atoms. The summed E-state index contributed by atoms with van der Waals surface area (Å²) in [4.78, 5) is 15.3. The maximum absolute atomic E-state index is 13.5. The Kier molecular flexibility index (Phi) is 4.69. The minimum absolute atomic E-state index is 0.00359. The molecule has 0 bridgehead atoms. The Balaban J connectivity index is 1.65. The number of aromatic nitrogens is 1. The van der Waals surface area contributed by atoms with Gasteiger partial charge in [0.25, 0.3) is 5.91 Å². The van der Waals surface area contributed by atoms with Gasteiger partial charge in [0.2, 0.25) is 0 Å². The van der Waals surface area contributed by atoms with E-state index in [0.29, 0.717) is 12.2 Å². The summed E-state index contributed by atoms with van der Waals surface area (Å²) < 4.78 is 7.45. The molecule has 0 N–H and O–H groups in total. The summed E-state index contributed by atoms with van der Waals surface area (Å²) in [7, 11) is 1.71. The van der Waals surface area contributed by atoms with E-state index in [-0.39, 0.29) is 5.91 Å². The average Bonchev–Trinajstić information content (AvgIpc) is 3.28. The first kappa shape index (κ1) is 18.4. The number of methoxy groups -OCH3 is 1. The van der Waals surface area contributed by atoms with Crippen LogP contribution >= 0.6 is 0 Å². The van der Waals surface area contributed by atoms with Crippen LogP contribution < -0.4 is 4.90 Å². The van der Waals surface area contributed by atoms with Crippen molar-refractivity contribution in [2.75, 3.05) is 18.6 Å². The van der Waals surface area contributed by atoms with Crippen molar-refractivity contribution in [2.45, 2.75) is 6.54 Å². The van der Waals surface area contributed by atoms with Gasteiger partial charge in [-0.2, -0.15) is 0 Å². The van der Waals surface area contributed by atoms with Gasteiger partial charge in [0.1, 0.15) is 0 Å². The molecular formula is C26H22N2O2. The van der Waals surface area contributed by atoms with E-state index in [1.165, 1.54) is 0 Å². The molecular weight excluding hydrogens is 372 g/mol. The van der Waals surface area contributed by atoms with Crippen molar-refractivity contribution < 1.29 is 9.53 Å². The lowest BCUT2D eigenvalue weighted by molar-refractivity contribution is -0.112. The van der Waals surface area contributed by atoms with E-state index < -0.39 is 0 Å². The molecule has 2 heterocycles. The van der Waals surface area contributed by atoms with Crippen molar-refractivity contribution in [3.63, 3.8) is 0 Å². The SMILES string of the molecule is COCCn1cc(C=C2C(=O)N(c3ccccc3)c3ccccc32)c2ccccc21. The monoisotopic (exact) mass is 394 g/mol. The third kappa shape index (κ3) is 3.02. The summed E-state index contributed by atoms with van der Waals surface area (Å²) in [6.45, 7) is 1.40. The van der Waals surface area contributed by atoms with Gasteiger partial charge in [0.05, 0.1) is 17.9 Å². The third-order valence-corrected chi connectivity index (χ3v) is 5.54. The highest BCUT2D eigenvalue weighted by molar-refractivity contribution is 6.38. The molecule has 5 rings (SSSR count). The number of hydrogen-bond donors (Lipinski definition) is 0. The molecule has 0 saturated carbocycles. The van der Waals surface area contributed by atoms with Gasteiger partial charge < -0.3 is 9.30 Å². The molecule has 4 nitrogen and oxygen atoms in total. The van der Waals surface area contributed by atoms with Gasteiger partial charge in [-0.1, -0.05) is 54.6 Å². The number of fused-ring (bicyclic) bond motifs is 2. The highest BCUT2D eigenvalue weighted by Gasteiger charge is 2.33. The van der Waals surface area contributed by atoms with Gasteiger partial charge in [0, 0.05) is 47.6 Å². The molecule has 0 spiro atoms. The minimum atomic E-state index is -0.00359. The molecule has 0 atom stereocenters. The fourth-order valence-electron chi connectivity index (χ4n) is 4.13. The number of nitrogens with zero attached hydrogens (tertiary/aromatic N) is 2. The summed E-state index contributed by atoms with van der Waals surface area (Å²) >= 11 is 0. The Morgan fingerprint density at radius 3 is 2.47 bits per heavy atom. The zero-order valence-corrected chi connectivity index (χ0v) is 16.8. The molecule has 1 aromatic heterocycles. The number of benzene rings is 3. The Morgan fingerprint density at radius 1 is 0.900 bits per heavy atom. The predicted octanol–water partition coefficient (Wildman–Crippen LogP) is 5.51. The lowest BCUT2D eigenvalue weighted by Crippen LogP contribution is -2.20. The van der Waals surface area contributed by atoms with Crippen molar-refractivity contribution >= 4 is 39.8 Å². The fraction of sp³-hybridized carbons (Fsp3) is 0.115. The summed E-state index contributed by atoms with van der Waals surface area (Å²) in [6.07, 6.45) is 4.13. The van der Waals surface area contributed by atoms with Crippen molar-refractivity contribution in [2.24, 2.45) is 0 Å². The molecule has 4 aromatic rings. The second kappa shape index (κ2) is 7.65. The Hall–Kier alpha value is -3.63. The van der Waals surface area contributed by atoms with E-state index in [1.807, 2.05) is 72.8 Å². The van der Waals surface area contributed by atoms with E-state index in [2.05, 4.69) is 22.9 Å². The van der Waals surface area contributed by atoms with Crippen LogP contribution in [-0.2, 0) is 16.1 Å². The molecule has 0 radical (unpaired) electrons. The molecule has 148 valence electrons. The average molecular weight is 394 g/mol. The van der Waals surface area contributed by atoms with Gasteiger partial charge >= 0.3 is 0 Å². The van der Waals surface area contributed by atoms with Crippen molar-refractivity contribution in [1.29, 1.82) is 0 Å². The van der Waals surface area contributed by atoms with Crippen LogP contribution in [0.25, 0.3) is 22.6 Å². The zero-order valence-electron chi connectivity index (χ0n) is 16.8. The molecule has 1 aliphatic rings. The largest absolute Gasteiger partial charge is 0.383 e. The number of rotatable bonds is 5. The first-order valence-electron chi connectivity index (χ1n) is 10.1. The number of para-hydroxylation sites is 3. The molecule has 1 aliphatic heterocycles. The van der Waals surface area contributed by atoms with Gasteiger partial charge in [0.15, 0.2) is 0 Å². The molecule has 0 saturated heterocycles. The number of anilines is 2. The summed E-state index contributed by atoms with van der Waals surface area (Å²) in [6, 6.07) is 26.1. The number of hydrogen-bond acceptors (Lipinski definition) is 2. The second-order valence-corrected chi connectivity index (χ2v) is 7.34. The van der Waals surface area contributed by atoms with Crippen molar-refractivity contribution in [1.82, 2.24) is 4.57 Å². The summed E-state index contributed by atoms with van der Waals surface area (Å²) in [5.74, 6) is -0.00359. The topological polar surface area (TPSA) is 34.5 Å². The van der Waals surface area contributed by atoms with Gasteiger partial charge in [-0.25, -0.2) is 0 Å². The first-order chi connectivity index (χ1) is 14.8. The van der Waals surface area contributed by atoms with Gasteiger partial charge in [-0.15, -0.1) is 0 Å².